The minimum absolute atomic E-state index is 0.462. The molecule has 1 aliphatic heterocycles. The van der Waals surface area contributed by atoms with Crippen molar-refractivity contribution in [3.63, 3.8) is 0 Å². The average Bonchev–Trinajstić information content (AvgIpc) is 2.87. The number of hydrogen-bond donors (Lipinski definition) is 1. The van der Waals surface area contributed by atoms with E-state index in [0.717, 1.165) is 6.42 Å². The van der Waals surface area contributed by atoms with Crippen molar-refractivity contribution in [1.29, 1.82) is 0 Å². The summed E-state index contributed by atoms with van der Waals surface area (Å²) in [6.07, 6.45) is 13.9. The van der Waals surface area contributed by atoms with Gasteiger partial charge in [0, 0.05) is 0 Å². The first-order chi connectivity index (χ1) is 7.24. The van der Waals surface area contributed by atoms with Gasteiger partial charge in [0.15, 0.2) is 0 Å². The Bertz CT molecular complexity index is 329. The summed E-state index contributed by atoms with van der Waals surface area (Å²) in [5, 5.41) is 3.77. The van der Waals surface area contributed by atoms with E-state index < -0.39 is 19.8 Å². The van der Waals surface area contributed by atoms with E-state index in [1.807, 2.05) is 6.08 Å². The summed E-state index contributed by atoms with van der Waals surface area (Å²) in [5.41, 5.74) is 0. The first-order valence-corrected chi connectivity index (χ1v) is 9.14. The van der Waals surface area contributed by atoms with Gasteiger partial charge >= 0.3 is 99.6 Å². The molecule has 2 heteroatoms. The molecule has 0 aromatic heterocycles. The van der Waals surface area contributed by atoms with E-state index >= 15 is 0 Å². The zero-order valence-corrected chi connectivity index (χ0v) is 11.3. The Kier molecular flexibility index (Phi) is 3.46. The van der Waals surface area contributed by atoms with E-state index in [4.69, 9.17) is 0 Å². The molecule has 82 valence electrons. The van der Waals surface area contributed by atoms with Crippen LogP contribution in [0.1, 0.15) is 13.3 Å². The SMILES string of the molecule is C=C/C=C\I1C[C@]1(C)N[C@@H]1C=CC=CC1. The Morgan fingerprint density at radius 3 is 3.07 bits per heavy atom. The summed E-state index contributed by atoms with van der Waals surface area (Å²) in [6, 6.07) is 0.555. The summed E-state index contributed by atoms with van der Waals surface area (Å²) in [6.45, 7) is 6.09. The predicted molar refractivity (Wildman–Crippen MR) is 76.4 cm³/mol. The number of nitrogens with one attached hydrogen (secondary N) is 1. The van der Waals surface area contributed by atoms with E-state index in [2.05, 4.69) is 53.3 Å². The van der Waals surface area contributed by atoms with Gasteiger partial charge in [-0.3, -0.25) is 0 Å². The van der Waals surface area contributed by atoms with Crippen LogP contribution < -0.4 is 5.32 Å². The van der Waals surface area contributed by atoms with E-state index in [9.17, 15) is 0 Å². The summed E-state index contributed by atoms with van der Waals surface area (Å²) < 4.78 is 4.27. The van der Waals surface area contributed by atoms with Crippen LogP contribution in [0.5, 0.6) is 0 Å². The molecule has 1 heterocycles. The second-order valence-electron chi connectivity index (χ2n) is 4.08. The molecule has 2 aliphatic rings. The van der Waals surface area contributed by atoms with Crippen LogP contribution in [0.2, 0.25) is 0 Å². The van der Waals surface area contributed by atoms with Crippen LogP contribution in [0.3, 0.4) is 0 Å². The van der Waals surface area contributed by atoms with Gasteiger partial charge in [0.25, 0.3) is 0 Å². The summed E-state index contributed by atoms with van der Waals surface area (Å²) in [4.78, 5) is 0. The van der Waals surface area contributed by atoms with E-state index in [0.29, 0.717) is 9.59 Å². The number of halogens is 1. The Balaban J connectivity index is 1.85. The van der Waals surface area contributed by atoms with Crippen LogP contribution in [-0.2, 0) is 0 Å². The normalized spacial score (nSPS) is 36.1. The third-order valence-corrected chi connectivity index (χ3v) is 9.14. The molecule has 0 aromatic carbocycles. The van der Waals surface area contributed by atoms with Gasteiger partial charge in [-0.25, -0.2) is 0 Å². The first-order valence-electron chi connectivity index (χ1n) is 5.29. The van der Waals surface area contributed by atoms with Crippen molar-refractivity contribution in [1.82, 2.24) is 5.32 Å². The molecule has 1 fully saturated rings. The number of allylic oxidation sites excluding steroid dienone is 4. The molecule has 1 N–H and O–H groups in total. The molecule has 2 rings (SSSR count). The van der Waals surface area contributed by atoms with Crippen molar-refractivity contribution in [2.24, 2.45) is 0 Å². The standard InChI is InChI=1S/C13H18IN/c1-3-4-10-14-11-13(14,2)15-12-8-6-5-7-9-12/h3-8,10,12,15H,1,9,11H2,2H3/b10-4-/t12-,13+/m1/s1. The van der Waals surface area contributed by atoms with Gasteiger partial charge in [-0.2, -0.15) is 0 Å². The summed E-state index contributed by atoms with van der Waals surface area (Å²) >= 11 is -0.831. The minimum atomic E-state index is -0.831. The maximum absolute atomic E-state index is 3.77. The topological polar surface area (TPSA) is 12.0 Å². The van der Waals surface area contributed by atoms with Crippen molar-refractivity contribution < 1.29 is 0 Å². The Morgan fingerprint density at radius 2 is 2.40 bits per heavy atom. The maximum atomic E-state index is 3.77. The molecular weight excluding hydrogens is 297 g/mol. The average molecular weight is 315 g/mol. The molecule has 0 saturated carbocycles. The third-order valence-electron chi connectivity index (χ3n) is 2.68. The van der Waals surface area contributed by atoms with E-state index in [1.54, 1.807) is 0 Å². The zero-order chi connectivity index (χ0) is 10.7. The van der Waals surface area contributed by atoms with Gasteiger partial charge < -0.3 is 0 Å². The van der Waals surface area contributed by atoms with Crippen molar-refractivity contribution in [2.45, 2.75) is 22.9 Å². The molecular formula is C13H18IN. The molecule has 0 radical (unpaired) electrons. The first kappa shape index (κ1) is 11.1. The fourth-order valence-electron chi connectivity index (χ4n) is 1.75. The Morgan fingerprint density at radius 1 is 1.53 bits per heavy atom. The number of rotatable bonds is 4. The van der Waals surface area contributed by atoms with Gasteiger partial charge in [-0.1, -0.05) is 0 Å². The third kappa shape index (κ3) is 2.82. The van der Waals surface area contributed by atoms with E-state index in [1.165, 1.54) is 4.43 Å². The van der Waals surface area contributed by atoms with Gasteiger partial charge in [-0.05, 0) is 0 Å². The monoisotopic (exact) mass is 315 g/mol. The van der Waals surface area contributed by atoms with Crippen LogP contribution in [0, 0.1) is 0 Å². The van der Waals surface area contributed by atoms with Gasteiger partial charge in [-0.15, -0.1) is 0 Å². The van der Waals surface area contributed by atoms with Crippen LogP contribution >= 0.6 is 19.8 Å². The Hall–Kier alpha value is -0.350. The molecule has 0 spiro atoms. The van der Waals surface area contributed by atoms with Gasteiger partial charge in [0.1, 0.15) is 0 Å². The van der Waals surface area contributed by atoms with Crippen LogP contribution in [0.4, 0.5) is 0 Å². The Labute approximate surface area is 99.4 Å². The summed E-state index contributed by atoms with van der Waals surface area (Å²) in [7, 11) is 0. The van der Waals surface area contributed by atoms with Crippen molar-refractivity contribution in [3.05, 3.63) is 47.1 Å². The van der Waals surface area contributed by atoms with Crippen molar-refractivity contribution in [3.8, 4) is 0 Å². The quantitative estimate of drug-likeness (QED) is 0.363. The fraction of sp³-hybridized carbons (Fsp3) is 0.385. The number of alkyl halides is 2. The molecule has 0 aromatic rings. The summed E-state index contributed by atoms with van der Waals surface area (Å²) in [5.74, 6) is 0. The second kappa shape index (κ2) is 4.66. The second-order valence-corrected chi connectivity index (χ2v) is 10.2. The molecule has 1 nitrogen and oxygen atoms in total. The fourth-order valence-corrected chi connectivity index (χ4v) is 7.13. The molecule has 15 heavy (non-hydrogen) atoms. The molecule has 1 saturated heterocycles. The van der Waals surface area contributed by atoms with Gasteiger partial charge in [0.05, 0.1) is 0 Å². The van der Waals surface area contributed by atoms with Gasteiger partial charge in [0.2, 0.25) is 0 Å². The molecule has 0 bridgehead atoms. The molecule has 1 aliphatic carbocycles. The van der Waals surface area contributed by atoms with Crippen molar-refractivity contribution >= 4 is 19.8 Å². The van der Waals surface area contributed by atoms with Crippen molar-refractivity contribution in [2.75, 3.05) is 4.43 Å². The van der Waals surface area contributed by atoms with Crippen LogP contribution in [0.15, 0.2) is 47.1 Å². The van der Waals surface area contributed by atoms with Crippen LogP contribution in [0.25, 0.3) is 0 Å². The van der Waals surface area contributed by atoms with E-state index in [-0.39, 0.29) is 0 Å². The van der Waals surface area contributed by atoms with Crippen LogP contribution in [-0.4, -0.2) is 14.0 Å². The molecule has 2 atom stereocenters. The number of hydrogen-bond acceptors (Lipinski definition) is 1. The molecule has 0 unspecified atom stereocenters. The predicted octanol–water partition coefficient (Wildman–Crippen LogP) is 3.40. The molecule has 0 amide bonds. The zero-order valence-electron chi connectivity index (χ0n) is 9.12.